The number of hydrogen-bond donors (Lipinski definition) is 2. The number of hydrogen-bond acceptors (Lipinski definition) is 4. The summed E-state index contributed by atoms with van der Waals surface area (Å²) < 4.78 is 13.5. The zero-order valence-corrected chi connectivity index (χ0v) is 13.8. The van der Waals surface area contributed by atoms with Gasteiger partial charge < -0.3 is 4.98 Å². The largest absolute Gasteiger partial charge is 0.310 e. The molecule has 6 nitrogen and oxygen atoms in total. The number of rotatable bonds is 3. The maximum absolute atomic E-state index is 13.5. The topological polar surface area (TPSA) is 77.7 Å². The summed E-state index contributed by atoms with van der Waals surface area (Å²) in [5.74, 6) is 0.373. The summed E-state index contributed by atoms with van der Waals surface area (Å²) in [5.41, 5.74) is 4.10. The molecule has 2 aromatic heterocycles. The number of nitrogens with one attached hydrogen (secondary N) is 2. The Bertz CT molecular complexity index is 978. The molecule has 128 valence electrons. The Kier molecular flexibility index (Phi) is 3.93. The number of aromatic nitrogens is 4. The molecule has 0 fully saturated rings. The molecule has 1 aliphatic heterocycles. The van der Waals surface area contributed by atoms with Gasteiger partial charge in [0.15, 0.2) is 0 Å². The van der Waals surface area contributed by atoms with Gasteiger partial charge in [-0.15, -0.1) is 0 Å². The van der Waals surface area contributed by atoms with Crippen LogP contribution in [-0.2, 0) is 19.5 Å². The van der Waals surface area contributed by atoms with E-state index in [1.165, 1.54) is 12.1 Å². The highest BCUT2D eigenvalue weighted by Gasteiger charge is 2.22. The average molecular weight is 339 g/mol. The minimum atomic E-state index is -0.280. The lowest BCUT2D eigenvalue weighted by molar-refractivity contribution is 0.242. The molecular formula is C18H18FN5O. The van der Waals surface area contributed by atoms with Gasteiger partial charge in [-0.25, -0.2) is 9.37 Å². The van der Waals surface area contributed by atoms with Gasteiger partial charge in [-0.05, 0) is 19.1 Å². The highest BCUT2D eigenvalue weighted by molar-refractivity contribution is 5.62. The fourth-order valence-corrected chi connectivity index (χ4v) is 3.31. The van der Waals surface area contributed by atoms with Gasteiger partial charge in [-0.3, -0.25) is 14.8 Å². The van der Waals surface area contributed by atoms with E-state index in [4.69, 9.17) is 0 Å². The van der Waals surface area contributed by atoms with Crippen LogP contribution in [0, 0.1) is 12.7 Å². The number of benzene rings is 1. The molecule has 3 heterocycles. The zero-order valence-electron chi connectivity index (χ0n) is 13.8. The molecule has 25 heavy (non-hydrogen) atoms. The van der Waals surface area contributed by atoms with Gasteiger partial charge in [0.1, 0.15) is 11.6 Å². The van der Waals surface area contributed by atoms with E-state index in [2.05, 4.69) is 25.1 Å². The minimum Gasteiger partial charge on any atom is -0.310 e. The molecule has 3 aromatic rings. The van der Waals surface area contributed by atoms with E-state index in [1.54, 1.807) is 19.2 Å². The molecule has 0 saturated heterocycles. The third-order valence-electron chi connectivity index (χ3n) is 4.49. The van der Waals surface area contributed by atoms with E-state index in [-0.39, 0.29) is 11.4 Å². The van der Waals surface area contributed by atoms with Crippen LogP contribution in [0.15, 0.2) is 35.3 Å². The summed E-state index contributed by atoms with van der Waals surface area (Å²) in [6.45, 7) is 3.79. The number of halogens is 1. The van der Waals surface area contributed by atoms with Gasteiger partial charge in [-0.2, -0.15) is 5.10 Å². The van der Waals surface area contributed by atoms with Crippen LogP contribution in [0.3, 0.4) is 0 Å². The second kappa shape index (κ2) is 6.25. The predicted octanol–water partition coefficient (Wildman–Crippen LogP) is 2.17. The highest BCUT2D eigenvalue weighted by atomic mass is 19.1. The second-order valence-electron chi connectivity index (χ2n) is 6.32. The lowest BCUT2D eigenvalue weighted by Crippen LogP contribution is -2.35. The fraction of sp³-hybridized carbons (Fsp3) is 0.278. The minimum absolute atomic E-state index is 0.0650. The van der Waals surface area contributed by atoms with Crippen molar-refractivity contribution in [2.45, 2.75) is 26.4 Å². The average Bonchev–Trinajstić information content (AvgIpc) is 3.03. The Balaban J connectivity index is 1.58. The first kappa shape index (κ1) is 15.7. The number of nitrogens with zero attached hydrogens (tertiary/aromatic N) is 3. The maximum atomic E-state index is 13.5. The first-order valence-corrected chi connectivity index (χ1v) is 8.19. The lowest BCUT2D eigenvalue weighted by atomic mass is 10.0. The molecule has 7 heteroatoms. The molecule has 0 radical (unpaired) electrons. The summed E-state index contributed by atoms with van der Waals surface area (Å²) in [6, 6.07) is 6.44. The Morgan fingerprint density at radius 3 is 3.08 bits per heavy atom. The molecule has 4 rings (SSSR count). The summed E-state index contributed by atoms with van der Waals surface area (Å²) in [6.07, 6.45) is 2.50. The van der Waals surface area contributed by atoms with E-state index in [0.29, 0.717) is 18.9 Å². The standard InChI is InChI=1S/C18H18FN5O/c1-11-21-16-5-6-24(10-15(16)18(25)22-11)9-13-8-20-23-17(13)12-3-2-4-14(19)7-12/h2-4,7-8H,5-6,9-10H2,1H3,(H,20,23)(H,21,22,25). The molecule has 0 saturated carbocycles. The third-order valence-corrected chi connectivity index (χ3v) is 4.49. The quantitative estimate of drug-likeness (QED) is 0.767. The van der Waals surface area contributed by atoms with Gasteiger partial charge in [0.05, 0.1) is 23.1 Å². The normalized spacial score (nSPS) is 14.5. The first-order chi connectivity index (χ1) is 12.1. The summed E-state index contributed by atoms with van der Waals surface area (Å²) >= 11 is 0. The maximum Gasteiger partial charge on any atom is 0.255 e. The molecule has 0 amide bonds. The van der Waals surface area contributed by atoms with Crippen molar-refractivity contribution < 1.29 is 4.39 Å². The van der Waals surface area contributed by atoms with Crippen LogP contribution in [0.4, 0.5) is 4.39 Å². The monoisotopic (exact) mass is 339 g/mol. The van der Waals surface area contributed by atoms with Crippen molar-refractivity contribution in [2.24, 2.45) is 0 Å². The smallest absolute Gasteiger partial charge is 0.255 e. The van der Waals surface area contributed by atoms with Crippen LogP contribution < -0.4 is 5.56 Å². The van der Waals surface area contributed by atoms with Crippen molar-refractivity contribution in [2.75, 3.05) is 6.54 Å². The molecule has 0 spiro atoms. The van der Waals surface area contributed by atoms with Crippen LogP contribution in [0.5, 0.6) is 0 Å². The van der Waals surface area contributed by atoms with Crippen molar-refractivity contribution in [1.82, 2.24) is 25.1 Å². The first-order valence-electron chi connectivity index (χ1n) is 8.19. The summed E-state index contributed by atoms with van der Waals surface area (Å²) in [5, 5.41) is 7.07. The van der Waals surface area contributed by atoms with Gasteiger partial charge in [0.2, 0.25) is 0 Å². The summed E-state index contributed by atoms with van der Waals surface area (Å²) in [7, 11) is 0. The van der Waals surface area contributed by atoms with E-state index < -0.39 is 0 Å². The van der Waals surface area contributed by atoms with Crippen LogP contribution >= 0.6 is 0 Å². The van der Waals surface area contributed by atoms with Crippen LogP contribution in [0.1, 0.15) is 22.6 Å². The van der Waals surface area contributed by atoms with Crippen molar-refractivity contribution in [1.29, 1.82) is 0 Å². The molecule has 1 aromatic carbocycles. The van der Waals surface area contributed by atoms with E-state index in [9.17, 15) is 9.18 Å². The molecule has 0 bridgehead atoms. The van der Waals surface area contributed by atoms with Gasteiger partial charge >= 0.3 is 0 Å². The third kappa shape index (κ3) is 3.10. The van der Waals surface area contributed by atoms with Gasteiger partial charge in [0.25, 0.3) is 5.56 Å². The van der Waals surface area contributed by atoms with Crippen molar-refractivity contribution >= 4 is 0 Å². The van der Waals surface area contributed by atoms with E-state index in [1.807, 2.05) is 6.07 Å². The van der Waals surface area contributed by atoms with Crippen LogP contribution in [0.2, 0.25) is 0 Å². The number of aromatic amines is 2. The van der Waals surface area contributed by atoms with Crippen molar-refractivity contribution in [3.8, 4) is 11.3 Å². The Labute approximate surface area is 143 Å². The van der Waals surface area contributed by atoms with Gasteiger partial charge in [-0.1, -0.05) is 12.1 Å². The Morgan fingerprint density at radius 2 is 2.24 bits per heavy atom. The molecular weight excluding hydrogens is 321 g/mol. The number of aryl methyl sites for hydroxylation is 1. The molecule has 1 aliphatic rings. The lowest BCUT2D eigenvalue weighted by Gasteiger charge is -2.27. The molecule has 0 aliphatic carbocycles. The number of H-pyrrole nitrogens is 2. The van der Waals surface area contributed by atoms with E-state index >= 15 is 0 Å². The van der Waals surface area contributed by atoms with Crippen molar-refractivity contribution in [3.05, 3.63) is 69.3 Å². The molecule has 0 unspecified atom stereocenters. The second-order valence-corrected chi connectivity index (χ2v) is 6.32. The van der Waals surface area contributed by atoms with E-state index in [0.717, 1.165) is 41.0 Å². The highest BCUT2D eigenvalue weighted by Crippen LogP contribution is 2.24. The van der Waals surface area contributed by atoms with Crippen LogP contribution in [0.25, 0.3) is 11.3 Å². The fourth-order valence-electron chi connectivity index (χ4n) is 3.31. The summed E-state index contributed by atoms with van der Waals surface area (Å²) in [4.78, 5) is 21.6. The number of fused-ring (bicyclic) bond motifs is 1. The van der Waals surface area contributed by atoms with Crippen molar-refractivity contribution in [3.63, 3.8) is 0 Å². The molecule has 0 atom stereocenters. The van der Waals surface area contributed by atoms with Crippen LogP contribution in [-0.4, -0.2) is 31.6 Å². The predicted molar refractivity (Wildman–Crippen MR) is 91.4 cm³/mol. The zero-order chi connectivity index (χ0) is 17.4. The SMILES string of the molecule is Cc1nc2c(c(=O)[nH]1)CN(Cc1cn[nH]c1-c1cccc(F)c1)CC2. The Morgan fingerprint density at radius 1 is 1.36 bits per heavy atom. The molecule has 2 N–H and O–H groups in total. The van der Waals surface area contributed by atoms with Gasteiger partial charge in [0, 0.05) is 37.2 Å². The Hall–Kier alpha value is -2.80.